The van der Waals surface area contributed by atoms with Gasteiger partial charge in [0.2, 0.25) is 0 Å². The second-order valence-electron chi connectivity index (χ2n) is 4.38. The third-order valence-electron chi connectivity index (χ3n) is 2.85. The van der Waals surface area contributed by atoms with Crippen LogP contribution < -0.4 is 0 Å². The minimum atomic E-state index is 0.435. The molecule has 1 rings (SSSR count). The molecule has 1 heteroatoms. The Hall–Kier alpha value is -0.330. The Morgan fingerprint density at radius 2 is 2.17 bits per heavy atom. The van der Waals surface area contributed by atoms with Crippen molar-refractivity contribution in [2.45, 2.75) is 46.5 Å². The summed E-state index contributed by atoms with van der Waals surface area (Å²) in [6.45, 7) is 6.54. The van der Waals surface area contributed by atoms with Gasteiger partial charge in [0.1, 0.15) is 5.78 Å². The number of rotatable bonds is 5. The van der Waals surface area contributed by atoms with Crippen molar-refractivity contribution in [2.24, 2.45) is 17.8 Å². The van der Waals surface area contributed by atoms with Gasteiger partial charge in [-0.1, -0.05) is 33.6 Å². The fourth-order valence-electron chi connectivity index (χ4n) is 1.86. The molecule has 0 heterocycles. The zero-order valence-corrected chi connectivity index (χ0v) is 8.47. The van der Waals surface area contributed by atoms with E-state index in [4.69, 9.17) is 0 Å². The van der Waals surface area contributed by atoms with Gasteiger partial charge in [-0.25, -0.2) is 0 Å². The predicted molar refractivity (Wildman–Crippen MR) is 51.0 cm³/mol. The summed E-state index contributed by atoms with van der Waals surface area (Å²) in [7, 11) is 0. The molecule has 0 aromatic carbocycles. The molecule has 0 N–H and O–H groups in total. The SMILES string of the molecule is CCCC(C)CC(=O)C1CC1C. The summed E-state index contributed by atoms with van der Waals surface area (Å²) >= 11 is 0. The van der Waals surface area contributed by atoms with Gasteiger partial charge in [0.15, 0.2) is 0 Å². The normalized spacial score (nSPS) is 29.9. The average Bonchev–Trinajstić information content (AvgIpc) is 2.67. The van der Waals surface area contributed by atoms with E-state index in [1.807, 2.05) is 0 Å². The van der Waals surface area contributed by atoms with Gasteiger partial charge in [0, 0.05) is 12.3 Å². The summed E-state index contributed by atoms with van der Waals surface area (Å²) in [6.07, 6.45) is 4.38. The molecule has 0 aromatic heterocycles. The Balaban J connectivity index is 2.17. The molecule has 1 aliphatic carbocycles. The lowest BCUT2D eigenvalue weighted by Crippen LogP contribution is -2.07. The molecule has 0 aromatic rings. The highest BCUT2D eigenvalue weighted by Crippen LogP contribution is 2.39. The predicted octanol–water partition coefficient (Wildman–Crippen LogP) is 3.04. The topological polar surface area (TPSA) is 17.1 Å². The van der Waals surface area contributed by atoms with Gasteiger partial charge in [-0.2, -0.15) is 0 Å². The molecule has 70 valence electrons. The number of hydrogen-bond acceptors (Lipinski definition) is 1. The fourth-order valence-corrected chi connectivity index (χ4v) is 1.86. The first-order valence-corrected chi connectivity index (χ1v) is 5.17. The highest BCUT2D eigenvalue weighted by molar-refractivity contribution is 5.83. The first-order valence-electron chi connectivity index (χ1n) is 5.17. The summed E-state index contributed by atoms with van der Waals surface area (Å²) in [5.41, 5.74) is 0. The quantitative estimate of drug-likeness (QED) is 0.616. The Kier molecular flexibility index (Phi) is 3.30. The largest absolute Gasteiger partial charge is 0.299 e. The van der Waals surface area contributed by atoms with Crippen LogP contribution in [0.3, 0.4) is 0 Å². The van der Waals surface area contributed by atoms with Gasteiger partial charge in [0.05, 0.1) is 0 Å². The van der Waals surface area contributed by atoms with Crippen LogP contribution in [0, 0.1) is 17.8 Å². The van der Waals surface area contributed by atoms with Crippen LogP contribution >= 0.6 is 0 Å². The lowest BCUT2D eigenvalue weighted by Gasteiger charge is -2.07. The number of hydrogen-bond donors (Lipinski definition) is 0. The molecule has 0 bridgehead atoms. The highest BCUT2D eigenvalue weighted by atomic mass is 16.1. The van der Waals surface area contributed by atoms with E-state index in [9.17, 15) is 4.79 Å². The first-order chi connectivity index (χ1) is 5.65. The van der Waals surface area contributed by atoms with E-state index in [0.717, 1.165) is 12.8 Å². The van der Waals surface area contributed by atoms with Crippen LogP contribution in [0.25, 0.3) is 0 Å². The zero-order valence-electron chi connectivity index (χ0n) is 8.47. The maximum absolute atomic E-state index is 11.5. The van der Waals surface area contributed by atoms with E-state index in [0.29, 0.717) is 23.5 Å². The van der Waals surface area contributed by atoms with Crippen LogP contribution in [0.4, 0.5) is 0 Å². The summed E-state index contributed by atoms with van der Waals surface area (Å²) in [4.78, 5) is 11.5. The van der Waals surface area contributed by atoms with Crippen LogP contribution in [0.5, 0.6) is 0 Å². The van der Waals surface area contributed by atoms with E-state index in [1.165, 1.54) is 12.8 Å². The van der Waals surface area contributed by atoms with Gasteiger partial charge in [-0.3, -0.25) is 4.79 Å². The van der Waals surface area contributed by atoms with Gasteiger partial charge >= 0.3 is 0 Å². The van der Waals surface area contributed by atoms with Gasteiger partial charge in [-0.05, 0) is 18.3 Å². The third-order valence-corrected chi connectivity index (χ3v) is 2.85. The van der Waals surface area contributed by atoms with Crippen LogP contribution in [0.1, 0.15) is 46.5 Å². The fraction of sp³-hybridized carbons (Fsp3) is 0.909. The molecule has 0 radical (unpaired) electrons. The molecule has 3 unspecified atom stereocenters. The molecule has 0 spiro atoms. The zero-order chi connectivity index (χ0) is 9.14. The molecule has 1 saturated carbocycles. The standard InChI is InChI=1S/C11H20O/c1-4-5-8(2)6-11(12)10-7-9(10)3/h8-10H,4-7H2,1-3H3. The van der Waals surface area contributed by atoms with Crippen molar-refractivity contribution in [3.8, 4) is 0 Å². The van der Waals surface area contributed by atoms with Crippen molar-refractivity contribution in [3.63, 3.8) is 0 Å². The maximum Gasteiger partial charge on any atom is 0.136 e. The van der Waals surface area contributed by atoms with Gasteiger partial charge in [0.25, 0.3) is 0 Å². The van der Waals surface area contributed by atoms with E-state index >= 15 is 0 Å². The molecule has 12 heavy (non-hydrogen) atoms. The molecule has 3 atom stereocenters. The lowest BCUT2D eigenvalue weighted by atomic mass is 9.97. The van der Waals surface area contributed by atoms with Crippen molar-refractivity contribution in [1.29, 1.82) is 0 Å². The van der Waals surface area contributed by atoms with Gasteiger partial charge < -0.3 is 0 Å². The molecule has 1 fully saturated rings. The second kappa shape index (κ2) is 4.06. The molecule has 1 nitrogen and oxygen atoms in total. The summed E-state index contributed by atoms with van der Waals surface area (Å²) in [5, 5.41) is 0. The van der Waals surface area contributed by atoms with Crippen molar-refractivity contribution in [1.82, 2.24) is 0 Å². The number of ketones is 1. The van der Waals surface area contributed by atoms with Crippen LogP contribution in [0.15, 0.2) is 0 Å². The van der Waals surface area contributed by atoms with E-state index in [-0.39, 0.29) is 0 Å². The minimum absolute atomic E-state index is 0.435. The molecule has 0 saturated heterocycles. The lowest BCUT2D eigenvalue weighted by molar-refractivity contribution is -0.121. The van der Waals surface area contributed by atoms with Crippen molar-refractivity contribution in [3.05, 3.63) is 0 Å². The number of Topliss-reactive ketones (excluding diaryl/α,β-unsaturated/α-hetero) is 1. The molecular weight excluding hydrogens is 148 g/mol. The van der Waals surface area contributed by atoms with Crippen molar-refractivity contribution in [2.75, 3.05) is 0 Å². The van der Waals surface area contributed by atoms with Crippen LogP contribution in [0.2, 0.25) is 0 Å². The Morgan fingerprint density at radius 3 is 2.58 bits per heavy atom. The minimum Gasteiger partial charge on any atom is -0.299 e. The second-order valence-corrected chi connectivity index (χ2v) is 4.38. The van der Waals surface area contributed by atoms with Gasteiger partial charge in [-0.15, -0.1) is 0 Å². The Labute approximate surface area is 75.5 Å². The van der Waals surface area contributed by atoms with E-state index < -0.39 is 0 Å². The Bertz CT molecular complexity index is 162. The maximum atomic E-state index is 11.5. The third kappa shape index (κ3) is 2.62. The number of carbonyl (C=O) groups excluding carboxylic acids is 1. The summed E-state index contributed by atoms with van der Waals surface area (Å²) in [6, 6.07) is 0. The molecule has 1 aliphatic rings. The van der Waals surface area contributed by atoms with E-state index in [2.05, 4.69) is 20.8 Å². The van der Waals surface area contributed by atoms with Crippen molar-refractivity contribution < 1.29 is 4.79 Å². The molecule has 0 aliphatic heterocycles. The average molecular weight is 168 g/mol. The highest BCUT2D eigenvalue weighted by Gasteiger charge is 2.38. The number of carbonyl (C=O) groups is 1. The van der Waals surface area contributed by atoms with E-state index in [1.54, 1.807) is 0 Å². The molecule has 0 amide bonds. The monoisotopic (exact) mass is 168 g/mol. The summed E-state index contributed by atoms with van der Waals surface area (Å²) < 4.78 is 0. The smallest absolute Gasteiger partial charge is 0.136 e. The first kappa shape index (κ1) is 9.76. The Morgan fingerprint density at radius 1 is 1.58 bits per heavy atom. The van der Waals surface area contributed by atoms with Crippen LogP contribution in [-0.4, -0.2) is 5.78 Å². The van der Waals surface area contributed by atoms with Crippen LogP contribution in [-0.2, 0) is 4.79 Å². The molecular formula is C11H20O. The summed E-state index contributed by atoms with van der Waals surface area (Å²) in [5.74, 6) is 2.24. The van der Waals surface area contributed by atoms with Crippen molar-refractivity contribution >= 4 is 5.78 Å².